The molecule has 0 aliphatic heterocycles. The van der Waals surface area contributed by atoms with Gasteiger partial charge < -0.3 is 4.42 Å². The standard InChI is InChI=1S/C16H10ClNOS/c1-10-4-5-13-11(7-10)8-14(19-13)16(17)12(9-18)15-3-2-6-20-15/h2-8H,1H3. The van der Waals surface area contributed by atoms with E-state index in [2.05, 4.69) is 6.07 Å². The Hall–Kier alpha value is -2.02. The van der Waals surface area contributed by atoms with Crippen molar-refractivity contribution < 1.29 is 4.42 Å². The van der Waals surface area contributed by atoms with E-state index in [1.807, 2.05) is 48.7 Å². The molecule has 98 valence electrons. The average molecular weight is 300 g/mol. The van der Waals surface area contributed by atoms with E-state index in [0.29, 0.717) is 16.4 Å². The molecule has 3 aromatic rings. The number of allylic oxidation sites excluding steroid dienone is 1. The molecule has 0 unspecified atom stereocenters. The van der Waals surface area contributed by atoms with Gasteiger partial charge in [-0.05, 0) is 36.6 Å². The zero-order valence-electron chi connectivity index (χ0n) is 10.7. The van der Waals surface area contributed by atoms with Crippen LogP contribution in [0.5, 0.6) is 0 Å². The van der Waals surface area contributed by atoms with Crippen molar-refractivity contribution in [2.24, 2.45) is 0 Å². The molecule has 0 radical (unpaired) electrons. The Morgan fingerprint density at radius 1 is 1.30 bits per heavy atom. The highest BCUT2D eigenvalue weighted by Crippen LogP contribution is 2.34. The van der Waals surface area contributed by atoms with E-state index < -0.39 is 0 Å². The van der Waals surface area contributed by atoms with Crippen molar-refractivity contribution in [3.63, 3.8) is 0 Å². The first-order valence-electron chi connectivity index (χ1n) is 6.03. The van der Waals surface area contributed by atoms with Crippen molar-refractivity contribution in [3.05, 3.63) is 58.0 Å². The highest BCUT2D eigenvalue weighted by atomic mass is 35.5. The first-order valence-corrected chi connectivity index (χ1v) is 7.29. The fourth-order valence-electron chi connectivity index (χ4n) is 2.03. The van der Waals surface area contributed by atoms with Crippen molar-refractivity contribution >= 4 is 44.5 Å². The van der Waals surface area contributed by atoms with Gasteiger partial charge in [0.2, 0.25) is 0 Å². The minimum absolute atomic E-state index is 0.351. The lowest BCUT2D eigenvalue weighted by molar-refractivity contribution is 0.603. The molecule has 0 saturated heterocycles. The molecule has 2 heterocycles. The molecule has 2 aromatic heterocycles. The number of benzene rings is 1. The number of aryl methyl sites for hydroxylation is 1. The van der Waals surface area contributed by atoms with E-state index in [4.69, 9.17) is 16.0 Å². The summed E-state index contributed by atoms with van der Waals surface area (Å²) >= 11 is 7.83. The normalized spacial score (nSPS) is 12.2. The topological polar surface area (TPSA) is 36.9 Å². The van der Waals surface area contributed by atoms with Crippen molar-refractivity contribution in [3.8, 4) is 6.07 Å². The lowest BCUT2D eigenvalue weighted by Crippen LogP contribution is -1.80. The second-order valence-electron chi connectivity index (χ2n) is 4.43. The lowest BCUT2D eigenvalue weighted by Gasteiger charge is -1.97. The molecule has 0 atom stereocenters. The Balaban J connectivity index is 2.16. The predicted octanol–water partition coefficient (Wildman–Crippen LogP) is 5.43. The van der Waals surface area contributed by atoms with Crippen LogP contribution < -0.4 is 0 Å². The van der Waals surface area contributed by atoms with Crippen LogP contribution in [-0.4, -0.2) is 0 Å². The maximum atomic E-state index is 9.32. The van der Waals surface area contributed by atoms with Gasteiger partial charge in [0.05, 0.1) is 5.57 Å². The van der Waals surface area contributed by atoms with Gasteiger partial charge in [0.1, 0.15) is 22.4 Å². The van der Waals surface area contributed by atoms with Gasteiger partial charge in [-0.15, -0.1) is 11.3 Å². The number of fused-ring (bicyclic) bond motifs is 1. The summed E-state index contributed by atoms with van der Waals surface area (Å²) in [7, 11) is 0. The van der Waals surface area contributed by atoms with E-state index in [-0.39, 0.29) is 0 Å². The van der Waals surface area contributed by atoms with E-state index in [1.54, 1.807) is 0 Å². The molecule has 0 aliphatic rings. The van der Waals surface area contributed by atoms with Gasteiger partial charge in [0.15, 0.2) is 0 Å². The average Bonchev–Trinajstić information content (AvgIpc) is 3.07. The minimum Gasteiger partial charge on any atom is -0.455 e. The number of thiophene rings is 1. The molecule has 0 saturated carbocycles. The van der Waals surface area contributed by atoms with Crippen LogP contribution in [-0.2, 0) is 0 Å². The molecule has 4 heteroatoms. The minimum atomic E-state index is 0.351. The second kappa shape index (κ2) is 5.16. The maximum Gasteiger partial charge on any atom is 0.148 e. The quantitative estimate of drug-likeness (QED) is 0.591. The van der Waals surface area contributed by atoms with E-state index in [1.165, 1.54) is 11.3 Å². The van der Waals surface area contributed by atoms with Gasteiger partial charge in [-0.3, -0.25) is 0 Å². The number of hydrogen-bond acceptors (Lipinski definition) is 3. The Morgan fingerprint density at radius 3 is 2.85 bits per heavy atom. The van der Waals surface area contributed by atoms with Crippen molar-refractivity contribution in [2.45, 2.75) is 6.92 Å². The number of furan rings is 1. The molecule has 20 heavy (non-hydrogen) atoms. The summed E-state index contributed by atoms with van der Waals surface area (Å²) < 4.78 is 5.73. The van der Waals surface area contributed by atoms with Crippen LogP contribution in [0.1, 0.15) is 16.2 Å². The summed E-state index contributed by atoms with van der Waals surface area (Å²) in [5, 5.41) is 12.6. The maximum absolute atomic E-state index is 9.32. The van der Waals surface area contributed by atoms with Crippen LogP contribution in [0.15, 0.2) is 46.2 Å². The number of nitrogens with zero attached hydrogens (tertiary/aromatic N) is 1. The number of halogens is 1. The van der Waals surface area contributed by atoms with Gasteiger partial charge in [-0.1, -0.05) is 29.3 Å². The SMILES string of the molecule is Cc1ccc2oc(C(Cl)=C(C#N)c3cccs3)cc2c1. The van der Waals surface area contributed by atoms with Crippen molar-refractivity contribution in [1.29, 1.82) is 5.26 Å². The molecular weight excluding hydrogens is 290 g/mol. The largest absolute Gasteiger partial charge is 0.455 e. The van der Waals surface area contributed by atoms with Gasteiger partial charge in [-0.2, -0.15) is 5.26 Å². The fourth-order valence-corrected chi connectivity index (χ4v) is 3.05. The molecule has 1 aromatic carbocycles. The monoisotopic (exact) mass is 299 g/mol. The lowest BCUT2D eigenvalue weighted by atomic mass is 10.1. The zero-order chi connectivity index (χ0) is 14.1. The first kappa shape index (κ1) is 13.0. The Labute approximate surface area is 125 Å². The van der Waals surface area contributed by atoms with Crippen LogP contribution in [0.4, 0.5) is 0 Å². The zero-order valence-corrected chi connectivity index (χ0v) is 12.3. The summed E-state index contributed by atoms with van der Waals surface area (Å²) in [6.07, 6.45) is 0. The highest BCUT2D eigenvalue weighted by molar-refractivity contribution is 7.11. The van der Waals surface area contributed by atoms with Crippen LogP contribution in [0.2, 0.25) is 0 Å². The van der Waals surface area contributed by atoms with Gasteiger partial charge in [-0.25, -0.2) is 0 Å². The van der Waals surface area contributed by atoms with Gasteiger partial charge >= 0.3 is 0 Å². The number of hydrogen-bond donors (Lipinski definition) is 0. The highest BCUT2D eigenvalue weighted by Gasteiger charge is 2.14. The molecule has 0 amide bonds. The van der Waals surface area contributed by atoms with E-state index in [9.17, 15) is 5.26 Å². The molecule has 0 aliphatic carbocycles. The molecule has 3 rings (SSSR count). The molecular formula is C16H10ClNOS. The van der Waals surface area contributed by atoms with Gasteiger partial charge in [0, 0.05) is 10.3 Å². The molecule has 0 bridgehead atoms. The molecule has 0 spiro atoms. The number of nitriles is 1. The molecule has 2 nitrogen and oxygen atoms in total. The van der Waals surface area contributed by atoms with Crippen LogP contribution in [0.25, 0.3) is 21.6 Å². The Morgan fingerprint density at radius 2 is 2.15 bits per heavy atom. The summed E-state index contributed by atoms with van der Waals surface area (Å²) in [5.74, 6) is 0.525. The van der Waals surface area contributed by atoms with Crippen molar-refractivity contribution in [1.82, 2.24) is 0 Å². The molecule has 0 N–H and O–H groups in total. The van der Waals surface area contributed by atoms with Crippen LogP contribution in [0.3, 0.4) is 0 Å². The van der Waals surface area contributed by atoms with E-state index in [0.717, 1.165) is 21.4 Å². The third kappa shape index (κ3) is 2.24. The third-order valence-electron chi connectivity index (χ3n) is 2.99. The van der Waals surface area contributed by atoms with Crippen LogP contribution >= 0.6 is 22.9 Å². The summed E-state index contributed by atoms with van der Waals surface area (Å²) in [6, 6.07) is 13.7. The van der Waals surface area contributed by atoms with Crippen LogP contribution in [0, 0.1) is 18.3 Å². The van der Waals surface area contributed by atoms with Crippen molar-refractivity contribution in [2.75, 3.05) is 0 Å². The summed E-state index contributed by atoms with van der Waals surface area (Å²) in [5.41, 5.74) is 2.37. The third-order valence-corrected chi connectivity index (χ3v) is 4.25. The summed E-state index contributed by atoms with van der Waals surface area (Å²) in [4.78, 5) is 0.842. The fraction of sp³-hybridized carbons (Fsp3) is 0.0625. The van der Waals surface area contributed by atoms with E-state index >= 15 is 0 Å². The smallest absolute Gasteiger partial charge is 0.148 e. The first-order chi connectivity index (χ1) is 9.69. The predicted molar refractivity (Wildman–Crippen MR) is 83.6 cm³/mol. The summed E-state index contributed by atoms with van der Waals surface area (Å²) in [6.45, 7) is 2.02. The molecule has 0 fully saturated rings. The Kier molecular flexibility index (Phi) is 3.35. The van der Waals surface area contributed by atoms with Gasteiger partial charge in [0.25, 0.3) is 0 Å². The second-order valence-corrected chi connectivity index (χ2v) is 5.76. The number of rotatable bonds is 2. The Bertz CT molecular complexity index is 837.